The number of aryl methyl sites for hydroxylation is 3. The maximum atomic E-state index is 13.1. The molecule has 0 bridgehead atoms. The molecule has 0 saturated heterocycles. The van der Waals surface area contributed by atoms with E-state index < -0.39 is 18.0 Å². The maximum Gasteiger partial charge on any atom is 0.318 e. The Labute approximate surface area is 177 Å². The molecule has 0 unspecified atom stereocenters. The van der Waals surface area contributed by atoms with E-state index in [0.717, 1.165) is 33.5 Å². The van der Waals surface area contributed by atoms with E-state index >= 15 is 0 Å². The normalized spacial score (nSPS) is 11.8. The molecule has 0 spiro atoms. The molecule has 4 heteroatoms. The SMILES string of the molecule is Cc1cc(C)c(NC(=O)[C@H](C)OC(=O)C(c2ccccc2)c2ccccc2)c(C)c1. The molecular formula is C26H27NO3. The highest BCUT2D eigenvalue weighted by Gasteiger charge is 2.28. The number of benzene rings is 3. The fourth-order valence-electron chi connectivity index (χ4n) is 3.65. The minimum absolute atomic E-state index is 0.349. The number of hydrogen-bond donors (Lipinski definition) is 1. The van der Waals surface area contributed by atoms with Crippen molar-refractivity contribution in [2.45, 2.75) is 39.7 Å². The van der Waals surface area contributed by atoms with Crippen molar-refractivity contribution in [3.05, 3.63) is 101 Å². The molecular weight excluding hydrogens is 374 g/mol. The number of nitrogens with one attached hydrogen (secondary N) is 1. The first-order valence-corrected chi connectivity index (χ1v) is 10.1. The Morgan fingerprint density at radius 2 is 1.27 bits per heavy atom. The van der Waals surface area contributed by atoms with Gasteiger partial charge in [-0.3, -0.25) is 9.59 Å². The molecule has 0 saturated carbocycles. The largest absolute Gasteiger partial charge is 0.452 e. The van der Waals surface area contributed by atoms with Crippen LogP contribution in [0, 0.1) is 20.8 Å². The van der Waals surface area contributed by atoms with Crippen LogP contribution in [0.2, 0.25) is 0 Å². The van der Waals surface area contributed by atoms with E-state index in [2.05, 4.69) is 5.32 Å². The number of anilines is 1. The van der Waals surface area contributed by atoms with Gasteiger partial charge in [-0.1, -0.05) is 78.4 Å². The van der Waals surface area contributed by atoms with Gasteiger partial charge in [-0.25, -0.2) is 0 Å². The lowest BCUT2D eigenvalue weighted by Gasteiger charge is -2.21. The Morgan fingerprint density at radius 1 is 0.800 bits per heavy atom. The highest BCUT2D eigenvalue weighted by Crippen LogP contribution is 2.27. The maximum absolute atomic E-state index is 13.1. The molecule has 0 aliphatic heterocycles. The minimum atomic E-state index is -0.924. The molecule has 154 valence electrons. The fourth-order valence-corrected chi connectivity index (χ4v) is 3.65. The van der Waals surface area contributed by atoms with Crippen molar-refractivity contribution < 1.29 is 14.3 Å². The summed E-state index contributed by atoms with van der Waals surface area (Å²) in [4.78, 5) is 25.8. The molecule has 0 radical (unpaired) electrons. The average molecular weight is 402 g/mol. The summed E-state index contributed by atoms with van der Waals surface area (Å²) >= 11 is 0. The summed E-state index contributed by atoms with van der Waals surface area (Å²) < 4.78 is 5.61. The quantitative estimate of drug-likeness (QED) is 0.569. The number of carbonyl (C=O) groups excluding carboxylic acids is 2. The molecule has 0 fully saturated rings. The van der Waals surface area contributed by atoms with E-state index in [-0.39, 0.29) is 5.91 Å². The Morgan fingerprint density at radius 3 is 1.73 bits per heavy atom. The molecule has 0 aromatic heterocycles. The molecule has 1 amide bonds. The smallest absolute Gasteiger partial charge is 0.318 e. The lowest BCUT2D eigenvalue weighted by atomic mass is 9.91. The summed E-state index contributed by atoms with van der Waals surface area (Å²) in [6.45, 7) is 7.52. The number of rotatable bonds is 6. The van der Waals surface area contributed by atoms with Gasteiger partial charge in [-0.15, -0.1) is 0 Å². The van der Waals surface area contributed by atoms with Crippen molar-refractivity contribution in [1.29, 1.82) is 0 Å². The third kappa shape index (κ3) is 4.95. The van der Waals surface area contributed by atoms with Crippen molar-refractivity contribution in [1.82, 2.24) is 0 Å². The van der Waals surface area contributed by atoms with Crippen LogP contribution in [0.4, 0.5) is 5.69 Å². The zero-order valence-electron chi connectivity index (χ0n) is 17.8. The fraction of sp³-hybridized carbons (Fsp3) is 0.231. The second-order valence-corrected chi connectivity index (χ2v) is 7.60. The Hall–Kier alpha value is -3.40. The second kappa shape index (κ2) is 9.40. The number of esters is 1. The highest BCUT2D eigenvalue weighted by molar-refractivity contribution is 5.97. The van der Waals surface area contributed by atoms with Gasteiger partial charge in [0.25, 0.3) is 5.91 Å². The number of hydrogen-bond acceptors (Lipinski definition) is 3. The summed E-state index contributed by atoms with van der Waals surface area (Å²) in [5.74, 6) is -1.39. The Kier molecular flexibility index (Phi) is 6.68. The minimum Gasteiger partial charge on any atom is -0.452 e. The van der Waals surface area contributed by atoms with Gasteiger partial charge in [0.15, 0.2) is 6.10 Å². The first kappa shape index (κ1) is 21.3. The lowest BCUT2D eigenvalue weighted by molar-refractivity contribution is -0.153. The van der Waals surface area contributed by atoms with Crippen LogP contribution < -0.4 is 5.32 Å². The Bertz CT molecular complexity index is 966. The van der Waals surface area contributed by atoms with Crippen molar-refractivity contribution in [3.63, 3.8) is 0 Å². The van der Waals surface area contributed by atoms with E-state index in [9.17, 15) is 9.59 Å². The molecule has 0 aliphatic rings. The van der Waals surface area contributed by atoms with E-state index in [4.69, 9.17) is 4.74 Å². The monoisotopic (exact) mass is 401 g/mol. The number of amides is 1. The van der Waals surface area contributed by atoms with Crippen LogP contribution in [0.25, 0.3) is 0 Å². The van der Waals surface area contributed by atoms with Crippen molar-refractivity contribution >= 4 is 17.6 Å². The highest BCUT2D eigenvalue weighted by atomic mass is 16.5. The van der Waals surface area contributed by atoms with Gasteiger partial charge in [-0.2, -0.15) is 0 Å². The van der Waals surface area contributed by atoms with Crippen molar-refractivity contribution in [3.8, 4) is 0 Å². The van der Waals surface area contributed by atoms with Gasteiger partial charge in [0.05, 0.1) is 0 Å². The molecule has 30 heavy (non-hydrogen) atoms. The Balaban J connectivity index is 1.78. The summed E-state index contributed by atoms with van der Waals surface area (Å²) in [5, 5.41) is 2.91. The van der Waals surface area contributed by atoms with Crippen molar-refractivity contribution in [2.75, 3.05) is 5.32 Å². The van der Waals surface area contributed by atoms with Crippen LogP contribution >= 0.6 is 0 Å². The van der Waals surface area contributed by atoms with Crippen LogP contribution in [0.1, 0.15) is 40.7 Å². The van der Waals surface area contributed by atoms with E-state index in [1.165, 1.54) is 0 Å². The predicted octanol–water partition coefficient (Wildman–Crippen LogP) is 5.31. The molecule has 3 aromatic carbocycles. The topological polar surface area (TPSA) is 55.4 Å². The second-order valence-electron chi connectivity index (χ2n) is 7.60. The number of carbonyl (C=O) groups is 2. The average Bonchev–Trinajstić information content (AvgIpc) is 2.72. The van der Waals surface area contributed by atoms with Crippen LogP contribution in [-0.4, -0.2) is 18.0 Å². The predicted molar refractivity (Wildman–Crippen MR) is 120 cm³/mol. The number of ether oxygens (including phenoxy) is 1. The van der Waals surface area contributed by atoms with Gasteiger partial charge in [0, 0.05) is 5.69 Å². The van der Waals surface area contributed by atoms with E-state index in [0.29, 0.717) is 0 Å². The molecule has 3 rings (SSSR count). The molecule has 0 heterocycles. The summed E-state index contributed by atoms with van der Waals surface area (Å²) in [6, 6.07) is 22.9. The first-order chi connectivity index (χ1) is 14.4. The third-order valence-electron chi connectivity index (χ3n) is 5.09. The van der Waals surface area contributed by atoms with Gasteiger partial charge < -0.3 is 10.1 Å². The first-order valence-electron chi connectivity index (χ1n) is 10.1. The van der Waals surface area contributed by atoms with Gasteiger partial charge in [0.1, 0.15) is 5.92 Å². The van der Waals surface area contributed by atoms with Gasteiger partial charge >= 0.3 is 5.97 Å². The molecule has 3 aromatic rings. The zero-order valence-corrected chi connectivity index (χ0v) is 17.8. The summed E-state index contributed by atoms with van der Waals surface area (Å²) in [6.07, 6.45) is -0.924. The molecule has 0 aliphatic carbocycles. The molecule has 1 N–H and O–H groups in total. The zero-order chi connectivity index (χ0) is 21.7. The van der Waals surface area contributed by atoms with Crippen molar-refractivity contribution in [2.24, 2.45) is 0 Å². The molecule has 1 atom stereocenters. The lowest BCUT2D eigenvalue weighted by Crippen LogP contribution is -2.32. The van der Waals surface area contributed by atoms with Crippen LogP contribution in [0.3, 0.4) is 0 Å². The van der Waals surface area contributed by atoms with Gasteiger partial charge in [0.2, 0.25) is 0 Å². The van der Waals surface area contributed by atoms with Crippen LogP contribution in [0.15, 0.2) is 72.8 Å². The summed E-state index contributed by atoms with van der Waals surface area (Å²) in [7, 11) is 0. The third-order valence-corrected chi connectivity index (χ3v) is 5.09. The van der Waals surface area contributed by atoms with Gasteiger partial charge in [-0.05, 0) is 49.9 Å². The van der Waals surface area contributed by atoms with Crippen LogP contribution in [0.5, 0.6) is 0 Å². The summed E-state index contributed by atoms with van der Waals surface area (Å²) in [5.41, 5.74) is 5.50. The standard InChI is InChI=1S/C26H27NO3/c1-17-15-18(2)24(19(3)16-17)27-25(28)20(4)30-26(29)23(21-11-7-5-8-12-21)22-13-9-6-10-14-22/h5-16,20,23H,1-4H3,(H,27,28)/t20-/m0/s1. The molecule has 4 nitrogen and oxygen atoms in total. The van der Waals surface area contributed by atoms with E-state index in [1.807, 2.05) is 93.6 Å². The van der Waals surface area contributed by atoms with E-state index in [1.54, 1.807) is 6.92 Å². The van der Waals surface area contributed by atoms with Crippen LogP contribution in [-0.2, 0) is 14.3 Å².